The van der Waals surface area contributed by atoms with Crippen molar-refractivity contribution in [2.45, 2.75) is 84.3 Å². The van der Waals surface area contributed by atoms with Gasteiger partial charge in [-0.1, -0.05) is 25.0 Å². The Hall–Kier alpha value is -0.340. The van der Waals surface area contributed by atoms with E-state index >= 15 is 0 Å². The van der Waals surface area contributed by atoms with Crippen LogP contribution in [0.4, 0.5) is 0 Å². The molecule has 0 saturated heterocycles. The Morgan fingerprint density at radius 1 is 1.30 bits per heavy atom. The highest BCUT2D eigenvalue weighted by atomic mass is 16.3. The Morgan fingerprint density at radius 3 is 2.65 bits per heavy atom. The van der Waals surface area contributed by atoms with Crippen molar-refractivity contribution in [3.63, 3.8) is 0 Å². The van der Waals surface area contributed by atoms with E-state index in [0.717, 1.165) is 19.3 Å². The van der Waals surface area contributed by atoms with Crippen LogP contribution in [0.2, 0.25) is 0 Å². The Morgan fingerprint density at radius 2 is 2.00 bits per heavy atom. The Kier molecular flexibility index (Phi) is 4.66. The summed E-state index contributed by atoms with van der Waals surface area (Å²) in [5.41, 5.74) is 1.21. The number of hydrogen-bond acceptors (Lipinski definition) is 2. The smallest absolute Gasteiger partial charge is 0.0594 e. The van der Waals surface area contributed by atoms with Crippen molar-refractivity contribution < 1.29 is 10.2 Å². The minimum atomic E-state index is -0.570. The first kappa shape index (κ1) is 16.0. The number of hydrogen-bond donors (Lipinski definition) is 2. The molecule has 2 aliphatic rings. The first-order valence-corrected chi connectivity index (χ1v) is 8.31. The van der Waals surface area contributed by atoms with Crippen LogP contribution in [0.5, 0.6) is 0 Å². The molecule has 116 valence electrons. The van der Waals surface area contributed by atoms with Gasteiger partial charge in [-0.05, 0) is 76.5 Å². The number of fused-ring (bicyclic) bond motifs is 1. The fourth-order valence-corrected chi connectivity index (χ4v) is 4.69. The Bertz CT molecular complexity index is 366. The maximum Gasteiger partial charge on any atom is 0.0594 e. The molecular formula is C18H32O2. The minimum Gasteiger partial charge on any atom is -0.393 e. The molecule has 0 aromatic carbocycles. The second-order valence-corrected chi connectivity index (χ2v) is 8.00. The van der Waals surface area contributed by atoms with Gasteiger partial charge in [0.05, 0.1) is 11.7 Å². The van der Waals surface area contributed by atoms with Gasteiger partial charge < -0.3 is 10.2 Å². The van der Waals surface area contributed by atoms with Gasteiger partial charge in [-0.3, -0.25) is 0 Å². The molecular weight excluding hydrogens is 248 g/mol. The summed E-state index contributed by atoms with van der Waals surface area (Å²) >= 11 is 0. The predicted octanol–water partition coefficient (Wildman–Crippen LogP) is 4.06. The molecule has 0 aromatic rings. The summed E-state index contributed by atoms with van der Waals surface area (Å²) in [5.74, 6) is 1.13. The van der Waals surface area contributed by atoms with Gasteiger partial charge in [-0.15, -0.1) is 0 Å². The molecule has 2 rings (SSSR count). The normalized spacial score (nSPS) is 38.9. The predicted molar refractivity (Wildman–Crippen MR) is 83.5 cm³/mol. The van der Waals surface area contributed by atoms with Crippen molar-refractivity contribution in [3.8, 4) is 0 Å². The Labute approximate surface area is 124 Å². The highest BCUT2D eigenvalue weighted by Gasteiger charge is 2.51. The van der Waals surface area contributed by atoms with Crippen molar-refractivity contribution in [2.75, 3.05) is 0 Å². The van der Waals surface area contributed by atoms with Gasteiger partial charge in [-0.2, -0.15) is 0 Å². The lowest BCUT2D eigenvalue weighted by Gasteiger charge is -2.43. The molecule has 0 aliphatic heterocycles. The lowest BCUT2D eigenvalue weighted by atomic mass is 9.63. The van der Waals surface area contributed by atoms with Crippen molar-refractivity contribution in [1.29, 1.82) is 0 Å². The van der Waals surface area contributed by atoms with Crippen LogP contribution in [0.25, 0.3) is 0 Å². The standard InChI is InChI=1S/C18H32O2/c1-13(7-5-11-17(2,3)20)14-9-10-15-16(19)8-6-12-18(14,15)4/h7,14-16,19-20H,5-6,8-12H2,1-4H3/t14-,15+,16+,18-/m1/s1. The van der Waals surface area contributed by atoms with Gasteiger partial charge in [0.25, 0.3) is 0 Å². The van der Waals surface area contributed by atoms with Crippen LogP contribution in [0, 0.1) is 17.3 Å². The number of aliphatic hydroxyl groups excluding tert-OH is 1. The molecule has 0 unspecified atom stereocenters. The average molecular weight is 280 g/mol. The lowest BCUT2D eigenvalue weighted by molar-refractivity contribution is -0.0110. The molecule has 0 heterocycles. The summed E-state index contributed by atoms with van der Waals surface area (Å²) in [7, 11) is 0. The minimum absolute atomic E-state index is 0.0806. The van der Waals surface area contributed by atoms with Gasteiger partial charge >= 0.3 is 0 Å². The third-order valence-corrected chi connectivity index (χ3v) is 5.86. The largest absolute Gasteiger partial charge is 0.393 e. The van der Waals surface area contributed by atoms with Crippen LogP contribution in [0.15, 0.2) is 11.6 Å². The van der Waals surface area contributed by atoms with E-state index in [-0.39, 0.29) is 6.10 Å². The van der Waals surface area contributed by atoms with Crippen LogP contribution in [-0.2, 0) is 0 Å². The molecule has 0 aromatic heterocycles. The van der Waals surface area contributed by atoms with E-state index in [0.29, 0.717) is 17.3 Å². The second-order valence-electron chi connectivity index (χ2n) is 8.00. The zero-order chi connectivity index (χ0) is 15.0. The molecule has 2 aliphatic carbocycles. The zero-order valence-corrected chi connectivity index (χ0v) is 13.7. The fraction of sp³-hybridized carbons (Fsp3) is 0.889. The van der Waals surface area contributed by atoms with E-state index in [9.17, 15) is 10.2 Å². The van der Waals surface area contributed by atoms with Crippen LogP contribution in [0.1, 0.15) is 72.6 Å². The third kappa shape index (κ3) is 3.28. The first-order valence-electron chi connectivity index (χ1n) is 8.31. The van der Waals surface area contributed by atoms with E-state index in [4.69, 9.17) is 0 Å². The van der Waals surface area contributed by atoms with Crippen molar-refractivity contribution in [3.05, 3.63) is 11.6 Å². The van der Waals surface area contributed by atoms with E-state index in [1.807, 2.05) is 13.8 Å². The van der Waals surface area contributed by atoms with Crippen LogP contribution in [-0.4, -0.2) is 21.9 Å². The molecule has 20 heavy (non-hydrogen) atoms. The highest BCUT2D eigenvalue weighted by molar-refractivity contribution is 5.15. The second kappa shape index (κ2) is 5.81. The van der Waals surface area contributed by atoms with Crippen molar-refractivity contribution in [1.82, 2.24) is 0 Å². The summed E-state index contributed by atoms with van der Waals surface area (Å²) < 4.78 is 0. The number of rotatable bonds is 4. The van der Waals surface area contributed by atoms with Crippen LogP contribution >= 0.6 is 0 Å². The SMILES string of the molecule is CC(=CCCC(C)(C)O)[C@H]1CC[C@H]2[C@@H](O)CCC[C@]12C. The van der Waals surface area contributed by atoms with Gasteiger partial charge in [0.2, 0.25) is 0 Å². The molecule has 0 amide bonds. The maximum absolute atomic E-state index is 10.3. The first-order chi connectivity index (χ1) is 9.24. The molecule has 4 atom stereocenters. The molecule has 0 radical (unpaired) electrons. The van der Waals surface area contributed by atoms with Gasteiger partial charge in [0, 0.05) is 0 Å². The quantitative estimate of drug-likeness (QED) is 0.762. The maximum atomic E-state index is 10.3. The summed E-state index contributed by atoms with van der Waals surface area (Å²) in [5, 5.41) is 20.1. The van der Waals surface area contributed by atoms with E-state index in [2.05, 4.69) is 19.9 Å². The molecule has 2 fully saturated rings. The van der Waals surface area contributed by atoms with E-state index in [1.54, 1.807) is 0 Å². The van der Waals surface area contributed by atoms with Crippen LogP contribution < -0.4 is 0 Å². The van der Waals surface area contributed by atoms with Gasteiger partial charge in [0.15, 0.2) is 0 Å². The molecule has 2 N–H and O–H groups in total. The molecule has 2 heteroatoms. The summed E-state index contributed by atoms with van der Waals surface area (Å²) in [6.45, 7) is 8.40. The molecule has 2 saturated carbocycles. The Balaban J connectivity index is 2.03. The molecule has 0 bridgehead atoms. The van der Waals surface area contributed by atoms with Gasteiger partial charge in [-0.25, -0.2) is 0 Å². The van der Waals surface area contributed by atoms with Crippen molar-refractivity contribution in [2.24, 2.45) is 17.3 Å². The van der Waals surface area contributed by atoms with Gasteiger partial charge in [0.1, 0.15) is 0 Å². The topological polar surface area (TPSA) is 40.5 Å². The third-order valence-electron chi connectivity index (χ3n) is 5.86. The number of aliphatic hydroxyl groups is 2. The summed E-state index contributed by atoms with van der Waals surface area (Å²) in [4.78, 5) is 0. The summed E-state index contributed by atoms with van der Waals surface area (Å²) in [6, 6.07) is 0. The van der Waals surface area contributed by atoms with E-state index in [1.165, 1.54) is 31.3 Å². The number of allylic oxidation sites excluding steroid dienone is 2. The average Bonchev–Trinajstić information content (AvgIpc) is 2.66. The van der Waals surface area contributed by atoms with Crippen molar-refractivity contribution >= 4 is 0 Å². The summed E-state index contributed by atoms with van der Waals surface area (Å²) in [6.07, 6.45) is 9.85. The highest BCUT2D eigenvalue weighted by Crippen LogP contribution is 2.57. The zero-order valence-electron chi connectivity index (χ0n) is 13.7. The molecule has 0 spiro atoms. The van der Waals surface area contributed by atoms with Crippen LogP contribution in [0.3, 0.4) is 0 Å². The lowest BCUT2D eigenvalue weighted by Crippen LogP contribution is -2.40. The molecule has 2 nitrogen and oxygen atoms in total. The fourth-order valence-electron chi connectivity index (χ4n) is 4.69. The van der Waals surface area contributed by atoms with E-state index < -0.39 is 5.60 Å². The monoisotopic (exact) mass is 280 g/mol.